The van der Waals surface area contributed by atoms with Crippen LogP contribution < -0.4 is 16.0 Å². The number of nitrogens with one attached hydrogen (secondary N) is 1. The van der Waals surface area contributed by atoms with Crippen LogP contribution in [0.2, 0.25) is 0 Å². The maximum atomic E-state index is 12.3. The zero-order valence-corrected chi connectivity index (χ0v) is 12.8. The summed E-state index contributed by atoms with van der Waals surface area (Å²) in [6, 6.07) is 13.4. The molecule has 4 heteroatoms. The van der Waals surface area contributed by atoms with Gasteiger partial charge in [0.05, 0.1) is 0 Å². The van der Waals surface area contributed by atoms with Gasteiger partial charge in [-0.2, -0.15) is 0 Å². The molecule has 1 saturated heterocycles. The van der Waals surface area contributed by atoms with Gasteiger partial charge in [-0.25, -0.2) is 0 Å². The maximum Gasteiger partial charge on any atom is 0.255 e. The molecule has 0 aliphatic carbocycles. The molecule has 0 aromatic heterocycles. The number of aryl methyl sites for hydroxylation is 1. The summed E-state index contributed by atoms with van der Waals surface area (Å²) < 4.78 is 0. The lowest BCUT2D eigenvalue weighted by molar-refractivity contribution is 0.102. The van der Waals surface area contributed by atoms with Crippen LogP contribution in [0.1, 0.15) is 28.8 Å². The summed E-state index contributed by atoms with van der Waals surface area (Å²) in [5.41, 5.74) is 10.0. The molecule has 1 heterocycles. The van der Waals surface area contributed by atoms with Crippen molar-refractivity contribution in [1.82, 2.24) is 0 Å². The number of nitrogens with two attached hydrogens (primary N) is 1. The summed E-state index contributed by atoms with van der Waals surface area (Å²) in [4.78, 5) is 14.6. The van der Waals surface area contributed by atoms with Gasteiger partial charge in [-0.3, -0.25) is 4.79 Å². The molecule has 0 atom stereocenters. The monoisotopic (exact) mass is 295 g/mol. The molecule has 0 unspecified atom stereocenters. The summed E-state index contributed by atoms with van der Waals surface area (Å²) in [6.45, 7) is 4.14. The predicted octanol–water partition coefficient (Wildman–Crippen LogP) is 3.43. The summed E-state index contributed by atoms with van der Waals surface area (Å²) in [5.74, 6) is -0.114. The highest BCUT2D eigenvalue weighted by Crippen LogP contribution is 2.22. The van der Waals surface area contributed by atoms with Crippen LogP contribution in [-0.4, -0.2) is 19.0 Å². The topological polar surface area (TPSA) is 58.4 Å². The number of amides is 1. The summed E-state index contributed by atoms with van der Waals surface area (Å²) in [6.07, 6.45) is 2.52. The Morgan fingerprint density at radius 3 is 2.41 bits per heavy atom. The molecule has 2 aromatic carbocycles. The van der Waals surface area contributed by atoms with E-state index in [0.717, 1.165) is 24.3 Å². The Balaban J connectivity index is 1.69. The van der Waals surface area contributed by atoms with E-state index < -0.39 is 0 Å². The fourth-order valence-electron chi connectivity index (χ4n) is 2.75. The van der Waals surface area contributed by atoms with Crippen LogP contribution in [0.4, 0.5) is 17.1 Å². The first-order valence-corrected chi connectivity index (χ1v) is 7.66. The second kappa shape index (κ2) is 6.10. The van der Waals surface area contributed by atoms with E-state index in [2.05, 4.69) is 22.3 Å². The van der Waals surface area contributed by atoms with Gasteiger partial charge in [0.15, 0.2) is 0 Å². The second-order valence-corrected chi connectivity index (χ2v) is 5.77. The van der Waals surface area contributed by atoms with Crippen molar-refractivity contribution in [1.29, 1.82) is 0 Å². The Labute approximate surface area is 130 Å². The molecule has 3 N–H and O–H groups in total. The van der Waals surface area contributed by atoms with Crippen LogP contribution in [0.5, 0.6) is 0 Å². The Kier molecular flexibility index (Phi) is 4.00. The highest BCUT2D eigenvalue weighted by atomic mass is 16.1. The van der Waals surface area contributed by atoms with E-state index in [9.17, 15) is 4.79 Å². The van der Waals surface area contributed by atoms with Gasteiger partial charge in [0.25, 0.3) is 5.91 Å². The molecular formula is C18H21N3O. The van der Waals surface area contributed by atoms with Crippen molar-refractivity contribution >= 4 is 23.0 Å². The third-order valence-corrected chi connectivity index (χ3v) is 4.13. The van der Waals surface area contributed by atoms with Gasteiger partial charge in [-0.1, -0.05) is 0 Å². The van der Waals surface area contributed by atoms with E-state index in [0.29, 0.717) is 11.3 Å². The number of carbonyl (C=O) groups is 1. The van der Waals surface area contributed by atoms with Crippen molar-refractivity contribution in [2.75, 3.05) is 29.0 Å². The molecule has 1 fully saturated rings. The van der Waals surface area contributed by atoms with E-state index in [1.54, 1.807) is 12.1 Å². The van der Waals surface area contributed by atoms with Gasteiger partial charge in [0.1, 0.15) is 0 Å². The lowest BCUT2D eigenvalue weighted by atomic mass is 10.1. The number of nitrogens with zero attached hydrogens (tertiary/aromatic N) is 1. The minimum Gasteiger partial charge on any atom is -0.399 e. The highest BCUT2D eigenvalue weighted by molar-refractivity contribution is 6.04. The molecule has 114 valence electrons. The zero-order valence-electron chi connectivity index (χ0n) is 12.8. The van der Waals surface area contributed by atoms with Gasteiger partial charge in [-0.05, 0) is 67.8 Å². The van der Waals surface area contributed by atoms with Gasteiger partial charge >= 0.3 is 0 Å². The van der Waals surface area contributed by atoms with Crippen LogP contribution in [0, 0.1) is 6.92 Å². The molecular weight excluding hydrogens is 274 g/mol. The van der Waals surface area contributed by atoms with Gasteiger partial charge < -0.3 is 16.0 Å². The second-order valence-electron chi connectivity index (χ2n) is 5.77. The lowest BCUT2D eigenvalue weighted by Crippen LogP contribution is -2.17. The largest absolute Gasteiger partial charge is 0.399 e. The molecule has 0 saturated carbocycles. The number of hydrogen-bond acceptors (Lipinski definition) is 3. The lowest BCUT2D eigenvalue weighted by Gasteiger charge is -2.17. The van der Waals surface area contributed by atoms with Crippen molar-refractivity contribution in [3.8, 4) is 0 Å². The van der Waals surface area contributed by atoms with Gasteiger partial charge in [-0.15, -0.1) is 0 Å². The Hall–Kier alpha value is -2.49. The van der Waals surface area contributed by atoms with E-state index in [-0.39, 0.29) is 5.91 Å². The Morgan fingerprint density at radius 2 is 1.77 bits per heavy atom. The molecule has 0 radical (unpaired) electrons. The fourth-order valence-corrected chi connectivity index (χ4v) is 2.75. The standard InChI is InChI=1S/C18H21N3O/c1-13-12-14(4-9-17(13)19)18(22)20-15-5-7-16(8-6-15)21-10-2-3-11-21/h4-9,12H,2-3,10-11,19H2,1H3,(H,20,22). The van der Waals surface area contributed by atoms with Crippen LogP contribution in [0.25, 0.3) is 0 Å². The van der Waals surface area contributed by atoms with E-state index in [4.69, 9.17) is 5.73 Å². The van der Waals surface area contributed by atoms with Crippen molar-refractivity contribution < 1.29 is 4.79 Å². The summed E-state index contributed by atoms with van der Waals surface area (Å²) >= 11 is 0. The first-order chi connectivity index (χ1) is 10.6. The van der Waals surface area contributed by atoms with Gasteiger partial charge in [0, 0.05) is 35.7 Å². The Morgan fingerprint density at radius 1 is 1.09 bits per heavy atom. The normalized spacial score (nSPS) is 14.1. The van der Waals surface area contributed by atoms with Gasteiger partial charge in [0.2, 0.25) is 0 Å². The van der Waals surface area contributed by atoms with Crippen molar-refractivity contribution in [3.05, 3.63) is 53.6 Å². The van der Waals surface area contributed by atoms with E-state index in [1.807, 2.05) is 25.1 Å². The van der Waals surface area contributed by atoms with Crippen molar-refractivity contribution in [3.63, 3.8) is 0 Å². The fraction of sp³-hybridized carbons (Fsp3) is 0.278. The molecule has 0 bridgehead atoms. The molecule has 0 spiro atoms. The third kappa shape index (κ3) is 3.06. The number of carbonyl (C=O) groups excluding carboxylic acids is 1. The molecule has 1 aliphatic heterocycles. The van der Waals surface area contributed by atoms with Crippen LogP contribution in [0.15, 0.2) is 42.5 Å². The van der Waals surface area contributed by atoms with E-state index in [1.165, 1.54) is 18.5 Å². The van der Waals surface area contributed by atoms with Crippen LogP contribution in [0.3, 0.4) is 0 Å². The van der Waals surface area contributed by atoms with Crippen molar-refractivity contribution in [2.45, 2.75) is 19.8 Å². The first-order valence-electron chi connectivity index (χ1n) is 7.66. The average Bonchev–Trinajstić information content (AvgIpc) is 3.05. The van der Waals surface area contributed by atoms with Crippen LogP contribution >= 0.6 is 0 Å². The number of benzene rings is 2. The first kappa shape index (κ1) is 14.4. The number of nitrogen functional groups attached to an aromatic ring is 1. The van der Waals surface area contributed by atoms with Crippen LogP contribution in [-0.2, 0) is 0 Å². The molecule has 3 rings (SSSR count). The minimum absolute atomic E-state index is 0.114. The molecule has 22 heavy (non-hydrogen) atoms. The number of anilines is 3. The molecule has 1 aliphatic rings. The highest BCUT2D eigenvalue weighted by Gasteiger charge is 2.12. The quantitative estimate of drug-likeness (QED) is 0.853. The third-order valence-electron chi connectivity index (χ3n) is 4.13. The summed E-state index contributed by atoms with van der Waals surface area (Å²) in [5, 5.41) is 2.92. The smallest absolute Gasteiger partial charge is 0.255 e. The molecule has 1 amide bonds. The predicted molar refractivity (Wildman–Crippen MR) is 91.4 cm³/mol. The number of hydrogen-bond donors (Lipinski definition) is 2. The Bertz CT molecular complexity index is 673. The summed E-state index contributed by atoms with van der Waals surface area (Å²) in [7, 11) is 0. The molecule has 2 aromatic rings. The number of rotatable bonds is 3. The average molecular weight is 295 g/mol. The van der Waals surface area contributed by atoms with E-state index >= 15 is 0 Å². The molecule has 4 nitrogen and oxygen atoms in total. The zero-order chi connectivity index (χ0) is 15.5. The van der Waals surface area contributed by atoms with Crippen molar-refractivity contribution in [2.24, 2.45) is 0 Å². The SMILES string of the molecule is Cc1cc(C(=O)Nc2ccc(N3CCCC3)cc2)ccc1N. The minimum atomic E-state index is -0.114. The maximum absolute atomic E-state index is 12.3.